The van der Waals surface area contributed by atoms with Crippen LogP contribution in [-0.2, 0) is 6.42 Å². The van der Waals surface area contributed by atoms with E-state index in [0.29, 0.717) is 5.41 Å². The van der Waals surface area contributed by atoms with Crippen molar-refractivity contribution in [2.75, 3.05) is 33.2 Å². The molecule has 2 rings (SSSR count). The summed E-state index contributed by atoms with van der Waals surface area (Å²) < 4.78 is 0. The van der Waals surface area contributed by atoms with Gasteiger partial charge in [0.25, 0.3) is 0 Å². The molecule has 1 aliphatic carbocycles. The van der Waals surface area contributed by atoms with Crippen LogP contribution in [0.15, 0.2) is 17.5 Å². The molecule has 0 bridgehead atoms. The highest BCUT2D eigenvalue weighted by Gasteiger charge is 2.34. The minimum absolute atomic E-state index is 0.541. The van der Waals surface area contributed by atoms with Crippen LogP contribution in [0.1, 0.15) is 43.9 Å². The van der Waals surface area contributed by atoms with Gasteiger partial charge in [0.15, 0.2) is 0 Å². The first-order valence-corrected chi connectivity index (χ1v) is 9.04. The summed E-state index contributed by atoms with van der Waals surface area (Å²) in [5, 5.41) is 5.85. The van der Waals surface area contributed by atoms with Gasteiger partial charge < -0.3 is 10.2 Å². The van der Waals surface area contributed by atoms with Crippen LogP contribution in [0.25, 0.3) is 0 Å². The number of thiophene rings is 1. The van der Waals surface area contributed by atoms with Crippen molar-refractivity contribution in [1.29, 1.82) is 0 Å². The van der Waals surface area contributed by atoms with E-state index in [9.17, 15) is 0 Å². The summed E-state index contributed by atoms with van der Waals surface area (Å²) in [4.78, 5) is 4.07. The smallest absolute Gasteiger partial charge is 0.00579 e. The van der Waals surface area contributed by atoms with Crippen molar-refractivity contribution in [3.63, 3.8) is 0 Å². The molecular formula is C17H30N2S. The number of likely N-dealkylation sites (N-methyl/N-ethyl adjacent to an activating group) is 1. The quantitative estimate of drug-likeness (QED) is 0.697. The molecule has 0 saturated heterocycles. The third-order valence-corrected chi connectivity index (χ3v) is 5.45. The number of hydrogen-bond acceptors (Lipinski definition) is 3. The average Bonchev–Trinajstić information content (AvgIpc) is 3.09. The van der Waals surface area contributed by atoms with E-state index in [0.717, 1.165) is 0 Å². The number of rotatable bonds is 9. The van der Waals surface area contributed by atoms with Gasteiger partial charge in [-0.25, -0.2) is 0 Å². The van der Waals surface area contributed by atoms with Crippen molar-refractivity contribution >= 4 is 11.3 Å². The molecule has 1 fully saturated rings. The van der Waals surface area contributed by atoms with E-state index in [-0.39, 0.29) is 0 Å². The van der Waals surface area contributed by atoms with Crippen LogP contribution < -0.4 is 5.32 Å². The van der Waals surface area contributed by atoms with Gasteiger partial charge in [-0.05, 0) is 56.1 Å². The molecule has 1 aliphatic rings. The van der Waals surface area contributed by atoms with E-state index in [2.05, 4.69) is 41.7 Å². The Kier molecular flexibility index (Phi) is 6.53. The zero-order valence-electron chi connectivity index (χ0n) is 13.2. The van der Waals surface area contributed by atoms with Crippen molar-refractivity contribution in [1.82, 2.24) is 10.2 Å². The van der Waals surface area contributed by atoms with E-state index >= 15 is 0 Å². The predicted molar refractivity (Wildman–Crippen MR) is 89.6 cm³/mol. The van der Waals surface area contributed by atoms with E-state index < -0.39 is 0 Å². The van der Waals surface area contributed by atoms with Gasteiger partial charge in [0.1, 0.15) is 0 Å². The second-order valence-electron chi connectivity index (χ2n) is 6.45. The lowest BCUT2D eigenvalue weighted by Crippen LogP contribution is -2.42. The van der Waals surface area contributed by atoms with Gasteiger partial charge in [0.2, 0.25) is 0 Å². The van der Waals surface area contributed by atoms with Crippen LogP contribution >= 0.6 is 11.3 Å². The molecule has 0 aliphatic heterocycles. The molecule has 0 aromatic carbocycles. The Morgan fingerprint density at radius 3 is 2.80 bits per heavy atom. The maximum Gasteiger partial charge on any atom is 0.00579 e. The number of nitrogens with zero attached hydrogens (tertiary/aromatic N) is 1. The molecule has 0 spiro atoms. The van der Waals surface area contributed by atoms with Crippen LogP contribution in [0, 0.1) is 5.41 Å². The Labute approximate surface area is 128 Å². The maximum atomic E-state index is 3.67. The maximum absolute atomic E-state index is 3.67. The number of hydrogen-bond donors (Lipinski definition) is 1. The molecule has 2 nitrogen and oxygen atoms in total. The first-order valence-electron chi connectivity index (χ1n) is 8.16. The van der Waals surface area contributed by atoms with E-state index in [1.54, 1.807) is 0 Å². The lowest BCUT2D eigenvalue weighted by molar-refractivity contribution is 0.174. The molecule has 3 heteroatoms. The molecule has 114 valence electrons. The van der Waals surface area contributed by atoms with Gasteiger partial charge in [0.05, 0.1) is 0 Å². The first kappa shape index (κ1) is 16.0. The second-order valence-corrected chi connectivity index (χ2v) is 7.48. The highest BCUT2D eigenvalue weighted by Crippen LogP contribution is 2.38. The van der Waals surface area contributed by atoms with Crippen LogP contribution in [0.2, 0.25) is 0 Å². The highest BCUT2D eigenvalue weighted by molar-refractivity contribution is 7.09. The van der Waals surface area contributed by atoms with Crippen molar-refractivity contribution in [3.05, 3.63) is 22.4 Å². The highest BCUT2D eigenvalue weighted by atomic mass is 32.1. The Morgan fingerprint density at radius 2 is 2.15 bits per heavy atom. The first-order chi connectivity index (χ1) is 9.74. The second kappa shape index (κ2) is 8.16. The molecule has 1 aromatic heterocycles. The van der Waals surface area contributed by atoms with Crippen molar-refractivity contribution in [2.24, 2.45) is 5.41 Å². The minimum atomic E-state index is 0.541. The fourth-order valence-corrected chi connectivity index (χ4v) is 4.15. The van der Waals surface area contributed by atoms with Crippen molar-refractivity contribution in [2.45, 2.75) is 45.4 Å². The summed E-state index contributed by atoms with van der Waals surface area (Å²) >= 11 is 1.88. The van der Waals surface area contributed by atoms with E-state index in [1.165, 1.54) is 69.6 Å². The predicted octanol–water partition coefficient (Wildman–Crippen LogP) is 3.78. The zero-order chi connectivity index (χ0) is 14.3. The molecule has 1 saturated carbocycles. The Bertz CT molecular complexity index is 355. The minimum Gasteiger partial charge on any atom is -0.316 e. The summed E-state index contributed by atoms with van der Waals surface area (Å²) in [6.45, 7) is 7.08. The van der Waals surface area contributed by atoms with E-state index in [1.807, 2.05) is 11.3 Å². The summed E-state index contributed by atoms with van der Waals surface area (Å²) in [7, 11) is 2.30. The fraction of sp³-hybridized carbons (Fsp3) is 0.765. The lowest BCUT2D eigenvalue weighted by atomic mass is 9.85. The Hall–Kier alpha value is -0.380. The van der Waals surface area contributed by atoms with Gasteiger partial charge in [-0.15, -0.1) is 11.3 Å². The molecule has 1 N–H and O–H groups in total. The van der Waals surface area contributed by atoms with Gasteiger partial charge in [-0.2, -0.15) is 0 Å². The molecule has 0 radical (unpaired) electrons. The van der Waals surface area contributed by atoms with Gasteiger partial charge in [0, 0.05) is 24.5 Å². The monoisotopic (exact) mass is 294 g/mol. The summed E-state index contributed by atoms with van der Waals surface area (Å²) in [5.41, 5.74) is 0.541. The molecule has 1 heterocycles. The average molecular weight is 295 g/mol. The van der Waals surface area contributed by atoms with Crippen LogP contribution in [-0.4, -0.2) is 38.1 Å². The standard InChI is InChI=1S/C17H30N2S/c1-3-11-18-14-17(9-4-5-10-17)15-19(2)12-8-16-7-6-13-20-16/h6-7,13,18H,3-5,8-12,14-15H2,1-2H3. The molecule has 20 heavy (non-hydrogen) atoms. The molecule has 1 aromatic rings. The van der Waals surface area contributed by atoms with Crippen LogP contribution in [0.3, 0.4) is 0 Å². The number of nitrogens with one attached hydrogen (secondary N) is 1. The van der Waals surface area contributed by atoms with Gasteiger partial charge in [-0.3, -0.25) is 0 Å². The summed E-state index contributed by atoms with van der Waals surface area (Å²) in [6.07, 6.45) is 8.11. The Balaban J connectivity index is 1.77. The lowest BCUT2D eigenvalue weighted by Gasteiger charge is -2.34. The zero-order valence-corrected chi connectivity index (χ0v) is 14.0. The summed E-state index contributed by atoms with van der Waals surface area (Å²) in [6, 6.07) is 4.42. The van der Waals surface area contributed by atoms with Crippen LogP contribution in [0.5, 0.6) is 0 Å². The Morgan fingerprint density at radius 1 is 1.35 bits per heavy atom. The fourth-order valence-electron chi connectivity index (χ4n) is 3.45. The van der Waals surface area contributed by atoms with Crippen LogP contribution in [0.4, 0.5) is 0 Å². The van der Waals surface area contributed by atoms with Gasteiger partial charge in [-0.1, -0.05) is 25.8 Å². The largest absolute Gasteiger partial charge is 0.316 e. The van der Waals surface area contributed by atoms with Crippen molar-refractivity contribution in [3.8, 4) is 0 Å². The van der Waals surface area contributed by atoms with Gasteiger partial charge >= 0.3 is 0 Å². The molecular weight excluding hydrogens is 264 g/mol. The topological polar surface area (TPSA) is 15.3 Å². The molecule has 0 atom stereocenters. The third kappa shape index (κ3) is 4.87. The normalized spacial score (nSPS) is 17.9. The third-order valence-electron chi connectivity index (χ3n) is 4.52. The molecule has 0 unspecified atom stereocenters. The molecule has 0 amide bonds. The van der Waals surface area contributed by atoms with Crippen molar-refractivity contribution < 1.29 is 0 Å². The van der Waals surface area contributed by atoms with E-state index in [4.69, 9.17) is 0 Å². The SMILES string of the molecule is CCCNCC1(CN(C)CCc2cccs2)CCCC1. The summed E-state index contributed by atoms with van der Waals surface area (Å²) in [5.74, 6) is 0.